The van der Waals surface area contributed by atoms with Gasteiger partial charge in [0.1, 0.15) is 5.82 Å². The highest BCUT2D eigenvalue weighted by Crippen LogP contribution is 2.22. The Balaban J connectivity index is 2.52. The summed E-state index contributed by atoms with van der Waals surface area (Å²) in [7, 11) is 0. The standard InChI is InChI=1S/C10H6ClFN2O3/c11-6-3-5(1-2-7(6)12)14-9(15)4-8(13-14)10(16)17/h1-4,15H,(H,16,17). The van der Waals surface area contributed by atoms with Crippen molar-refractivity contribution in [3.05, 3.63) is 40.8 Å². The first-order valence-electron chi connectivity index (χ1n) is 4.47. The second-order valence-electron chi connectivity index (χ2n) is 3.20. The Kier molecular flexibility index (Phi) is 2.72. The van der Waals surface area contributed by atoms with Crippen LogP contribution in [0.15, 0.2) is 24.3 Å². The minimum atomic E-state index is -1.27. The number of benzene rings is 1. The first kappa shape index (κ1) is 11.4. The Hall–Kier alpha value is -2.08. The molecule has 0 atom stereocenters. The lowest BCUT2D eigenvalue weighted by Crippen LogP contribution is -2.01. The van der Waals surface area contributed by atoms with Gasteiger partial charge < -0.3 is 10.2 Å². The average Bonchev–Trinajstić information content (AvgIpc) is 2.65. The fraction of sp³-hybridized carbons (Fsp3) is 0. The van der Waals surface area contributed by atoms with Crippen molar-refractivity contribution in [2.45, 2.75) is 0 Å². The highest BCUT2D eigenvalue weighted by Gasteiger charge is 2.14. The zero-order valence-electron chi connectivity index (χ0n) is 8.26. The molecule has 0 amide bonds. The molecule has 0 aliphatic rings. The lowest BCUT2D eigenvalue weighted by Gasteiger charge is -2.03. The molecule has 17 heavy (non-hydrogen) atoms. The zero-order valence-corrected chi connectivity index (χ0v) is 9.02. The highest BCUT2D eigenvalue weighted by atomic mass is 35.5. The SMILES string of the molecule is O=C(O)c1cc(O)n(-c2ccc(F)c(Cl)c2)n1. The van der Waals surface area contributed by atoms with Gasteiger partial charge in [-0.25, -0.2) is 13.9 Å². The molecule has 1 aromatic heterocycles. The molecule has 88 valence electrons. The molecule has 7 heteroatoms. The van der Waals surface area contributed by atoms with Crippen molar-refractivity contribution in [2.75, 3.05) is 0 Å². The first-order chi connectivity index (χ1) is 7.99. The Labute approximate surface area is 99.7 Å². The molecule has 0 spiro atoms. The summed E-state index contributed by atoms with van der Waals surface area (Å²) in [5.74, 6) is -2.25. The lowest BCUT2D eigenvalue weighted by atomic mass is 10.3. The molecule has 1 heterocycles. The van der Waals surface area contributed by atoms with Gasteiger partial charge in [0.15, 0.2) is 5.69 Å². The molecule has 0 saturated heterocycles. The van der Waals surface area contributed by atoms with Crippen LogP contribution in [0.2, 0.25) is 5.02 Å². The van der Waals surface area contributed by atoms with E-state index < -0.39 is 11.8 Å². The molecule has 5 nitrogen and oxygen atoms in total. The van der Waals surface area contributed by atoms with Crippen LogP contribution in [-0.2, 0) is 0 Å². The maximum Gasteiger partial charge on any atom is 0.356 e. The molecule has 2 rings (SSSR count). The summed E-state index contributed by atoms with van der Waals surface area (Å²) in [5.41, 5.74) is -0.0515. The van der Waals surface area contributed by atoms with Gasteiger partial charge in [-0.15, -0.1) is 0 Å². The van der Waals surface area contributed by atoms with Gasteiger partial charge in [-0.2, -0.15) is 5.10 Å². The Morgan fingerprint density at radius 1 is 1.41 bits per heavy atom. The molecule has 0 aliphatic heterocycles. The minimum Gasteiger partial charge on any atom is -0.493 e. The van der Waals surface area contributed by atoms with E-state index in [0.717, 1.165) is 16.8 Å². The van der Waals surface area contributed by atoms with Gasteiger partial charge in [-0.3, -0.25) is 0 Å². The van der Waals surface area contributed by atoms with Gasteiger partial charge in [-0.05, 0) is 18.2 Å². The third-order valence-electron chi connectivity index (χ3n) is 2.06. The molecular weight excluding hydrogens is 251 g/mol. The normalized spacial score (nSPS) is 10.5. The summed E-state index contributed by atoms with van der Waals surface area (Å²) in [5, 5.41) is 21.7. The molecule has 0 bridgehead atoms. The van der Waals surface area contributed by atoms with E-state index in [4.69, 9.17) is 16.7 Å². The van der Waals surface area contributed by atoms with Crippen molar-refractivity contribution in [1.29, 1.82) is 0 Å². The quantitative estimate of drug-likeness (QED) is 0.862. The van der Waals surface area contributed by atoms with Crippen LogP contribution in [0.1, 0.15) is 10.5 Å². The number of rotatable bonds is 2. The predicted molar refractivity (Wildman–Crippen MR) is 57.2 cm³/mol. The van der Waals surface area contributed by atoms with Crippen molar-refractivity contribution in [3.63, 3.8) is 0 Å². The van der Waals surface area contributed by atoms with Crippen LogP contribution in [0, 0.1) is 5.82 Å². The highest BCUT2D eigenvalue weighted by molar-refractivity contribution is 6.30. The smallest absolute Gasteiger partial charge is 0.356 e. The summed E-state index contributed by atoms with van der Waals surface area (Å²) in [6.45, 7) is 0. The van der Waals surface area contributed by atoms with Gasteiger partial charge >= 0.3 is 5.97 Å². The topological polar surface area (TPSA) is 75.3 Å². The van der Waals surface area contributed by atoms with Gasteiger partial charge in [0.2, 0.25) is 5.88 Å². The molecule has 0 unspecified atom stereocenters. The molecule has 0 fully saturated rings. The number of aromatic nitrogens is 2. The van der Waals surface area contributed by atoms with Crippen LogP contribution >= 0.6 is 11.6 Å². The number of halogens is 2. The average molecular weight is 257 g/mol. The van der Waals surface area contributed by atoms with Crippen LogP contribution < -0.4 is 0 Å². The molecule has 0 radical (unpaired) electrons. The zero-order chi connectivity index (χ0) is 12.6. The molecule has 2 aromatic rings. The maximum absolute atomic E-state index is 12.9. The Morgan fingerprint density at radius 2 is 2.12 bits per heavy atom. The fourth-order valence-electron chi connectivity index (χ4n) is 1.28. The summed E-state index contributed by atoms with van der Waals surface area (Å²) < 4.78 is 13.9. The van der Waals surface area contributed by atoms with Gasteiger partial charge in [0.25, 0.3) is 0 Å². The maximum atomic E-state index is 12.9. The number of aromatic hydroxyl groups is 1. The number of hydrogen-bond donors (Lipinski definition) is 2. The van der Waals surface area contributed by atoms with Crippen molar-refractivity contribution in [2.24, 2.45) is 0 Å². The number of nitrogens with zero attached hydrogens (tertiary/aromatic N) is 2. The predicted octanol–water partition coefficient (Wildman–Crippen LogP) is 2.07. The van der Waals surface area contributed by atoms with E-state index in [1.165, 1.54) is 12.1 Å². The van der Waals surface area contributed by atoms with Crippen LogP contribution in [-0.4, -0.2) is 26.0 Å². The van der Waals surface area contributed by atoms with E-state index in [0.29, 0.717) is 0 Å². The second kappa shape index (κ2) is 4.06. The van der Waals surface area contributed by atoms with E-state index in [1.54, 1.807) is 0 Å². The van der Waals surface area contributed by atoms with Gasteiger partial charge in [0.05, 0.1) is 10.7 Å². The summed E-state index contributed by atoms with van der Waals surface area (Å²) in [4.78, 5) is 10.6. The summed E-state index contributed by atoms with van der Waals surface area (Å²) in [6, 6.07) is 4.63. The number of aromatic carboxylic acids is 1. The molecule has 2 N–H and O–H groups in total. The van der Waals surface area contributed by atoms with E-state index in [9.17, 15) is 14.3 Å². The van der Waals surface area contributed by atoms with Crippen molar-refractivity contribution >= 4 is 17.6 Å². The lowest BCUT2D eigenvalue weighted by molar-refractivity contribution is 0.0690. The summed E-state index contributed by atoms with van der Waals surface area (Å²) in [6.07, 6.45) is 0. The number of carboxylic acid groups (broad SMARTS) is 1. The monoisotopic (exact) mass is 256 g/mol. The Bertz CT molecular complexity index is 597. The van der Waals surface area contributed by atoms with Gasteiger partial charge in [-0.1, -0.05) is 11.6 Å². The van der Waals surface area contributed by atoms with Crippen molar-refractivity contribution in [1.82, 2.24) is 9.78 Å². The van der Waals surface area contributed by atoms with Crippen molar-refractivity contribution in [3.8, 4) is 11.6 Å². The van der Waals surface area contributed by atoms with E-state index >= 15 is 0 Å². The number of carboxylic acids is 1. The summed E-state index contributed by atoms with van der Waals surface area (Å²) >= 11 is 5.57. The number of hydrogen-bond acceptors (Lipinski definition) is 3. The third-order valence-corrected chi connectivity index (χ3v) is 2.35. The molecule has 0 aliphatic carbocycles. The fourth-order valence-corrected chi connectivity index (χ4v) is 1.46. The van der Waals surface area contributed by atoms with E-state index in [2.05, 4.69) is 5.10 Å². The minimum absolute atomic E-state index is 0.144. The van der Waals surface area contributed by atoms with Gasteiger partial charge in [0, 0.05) is 6.07 Å². The molecular formula is C10H6ClFN2O3. The van der Waals surface area contributed by atoms with E-state index in [-0.39, 0.29) is 22.3 Å². The van der Waals surface area contributed by atoms with Crippen LogP contribution in [0.3, 0.4) is 0 Å². The Morgan fingerprint density at radius 3 is 2.65 bits per heavy atom. The number of carbonyl (C=O) groups is 1. The van der Waals surface area contributed by atoms with Crippen molar-refractivity contribution < 1.29 is 19.4 Å². The third kappa shape index (κ3) is 2.07. The first-order valence-corrected chi connectivity index (χ1v) is 4.84. The van der Waals surface area contributed by atoms with E-state index in [1.807, 2.05) is 0 Å². The van der Waals surface area contributed by atoms with Crippen LogP contribution in [0.4, 0.5) is 4.39 Å². The molecule has 0 saturated carbocycles. The second-order valence-corrected chi connectivity index (χ2v) is 3.61. The largest absolute Gasteiger partial charge is 0.493 e. The van der Waals surface area contributed by atoms with Crippen LogP contribution in [0.25, 0.3) is 5.69 Å². The molecule has 1 aromatic carbocycles. The van der Waals surface area contributed by atoms with Crippen LogP contribution in [0.5, 0.6) is 5.88 Å².